The molecule has 0 fully saturated rings. The van der Waals surface area contributed by atoms with Crippen LogP contribution in [0, 0.1) is 5.82 Å². The van der Waals surface area contributed by atoms with Crippen molar-refractivity contribution < 1.29 is 17.5 Å². The van der Waals surface area contributed by atoms with E-state index in [1.54, 1.807) is 0 Å². The maximum atomic E-state index is 13.6. The van der Waals surface area contributed by atoms with Gasteiger partial charge in [-0.3, -0.25) is 0 Å². The monoisotopic (exact) mass is 368 g/mol. The molecule has 114 valence electrons. The number of hydrogen-bond donors (Lipinski definition) is 1. The van der Waals surface area contributed by atoms with Gasteiger partial charge in [0, 0.05) is 17.6 Å². The van der Waals surface area contributed by atoms with E-state index in [0.717, 1.165) is 12.6 Å². The lowest BCUT2D eigenvalue weighted by molar-refractivity contribution is 0.122. The Morgan fingerprint density at radius 3 is 2.65 bits per heavy atom. The Labute approximate surface area is 127 Å². The maximum absolute atomic E-state index is 13.6. The zero-order valence-corrected chi connectivity index (χ0v) is 13.8. The van der Waals surface area contributed by atoms with E-state index in [2.05, 4.69) is 20.7 Å². The van der Waals surface area contributed by atoms with Crippen molar-refractivity contribution in [2.45, 2.75) is 4.90 Å². The smallest absolute Gasteiger partial charge is 0.243 e. The molecule has 0 spiro atoms. The standard InChI is InChI=1S/C12H18BrFN2O3S/c1-16(2)6-8-19-7-5-15-20(17,18)12-4-3-10(13)9-11(12)14/h3-4,9,15H,5-8H2,1-2H3. The lowest BCUT2D eigenvalue weighted by Gasteiger charge is -2.11. The van der Waals surface area contributed by atoms with Crippen LogP contribution in [-0.2, 0) is 14.8 Å². The van der Waals surface area contributed by atoms with E-state index in [1.807, 2.05) is 19.0 Å². The Hall–Kier alpha value is -0.540. The highest BCUT2D eigenvalue weighted by Crippen LogP contribution is 2.18. The fraction of sp³-hybridized carbons (Fsp3) is 0.500. The molecule has 0 saturated carbocycles. The van der Waals surface area contributed by atoms with E-state index in [1.165, 1.54) is 12.1 Å². The average Bonchev–Trinajstić information content (AvgIpc) is 2.32. The van der Waals surface area contributed by atoms with Gasteiger partial charge in [-0.25, -0.2) is 17.5 Å². The number of rotatable bonds is 8. The minimum Gasteiger partial charge on any atom is -0.379 e. The van der Waals surface area contributed by atoms with Crippen LogP contribution in [0.3, 0.4) is 0 Å². The molecule has 0 aliphatic carbocycles. The SMILES string of the molecule is CN(C)CCOCCNS(=O)(=O)c1ccc(Br)cc1F. The van der Waals surface area contributed by atoms with E-state index >= 15 is 0 Å². The Morgan fingerprint density at radius 1 is 1.35 bits per heavy atom. The quantitative estimate of drug-likeness (QED) is 0.705. The molecule has 0 aromatic heterocycles. The van der Waals surface area contributed by atoms with Crippen molar-refractivity contribution in [2.24, 2.45) is 0 Å². The zero-order valence-electron chi connectivity index (χ0n) is 11.4. The van der Waals surface area contributed by atoms with E-state index in [-0.39, 0.29) is 18.0 Å². The molecule has 5 nitrogen and oxygen atoms in total. The minimum atomic E-state index is -3.85. The molecule has 0 bridgehead atoms. The summed E-state index contributed by atoms with van der Waals surface area (Å²) in [6, 6.07) is 3.81. The van der Waals surface area contributed by atoms with Gasteiger partial charge in [0.2, 0.25) is 10.0 Å². The normalized spacial score (nSPS) is 12.1. The van der Waals surface area contributed by atoms with Gasteiger partial charge in [-0.2, -0.15) is 0 Å². The van der Waals surface area contributed by atoms with Crippen molar-refractivity contribution in [1.82, 2.24) is 9.62 Å². The second kappa shape index (κ2) is 8.04. The van der Waals surface area contributed by atoms with E-state index in [4.69, 9.17) is 4.74 Å². The Kier molecular flexibility index (Phi) is 7.04. The zero-order chi connectivity index (χ0) is 15.2. The molecule has 0 radical (unpaired) electrons. The van der Waals surface area contributed by atoms with Crippen molar-refractivity contribution in [3.8, 4) is 0 Å². The molecule has 1 rings (SSSR count). The van der Waals surface area contributed by atoms with Crippen LogP contribution in [0.4, 0.5) is 4.39 Å². The summed E-state index contributed by atoms with van der Waals surface area (Å²) < 4.78 is 45.4. The number of ether oxygens (including phenoxy) is 1. The lowest BCUT2D eigenvalue weighted by atomic mass is 10.3. The first-order valence-corrected chi connectivity index (χ1v) is 8.28. The molecular formula is C12H18BrFN2O3S. The van der Waals surface area contributed by atoms with Crippen molar-refractivity contribution >= 4 is 26.0 Å². The summed E-state index contributed by atoms with van der Waals surface area (Å²) in [7, 11) is -0.00942. The predicted octanol–water partition coefficient (Wildman–Crippen LogP) is 1.44. The molecule has 20 heavy (non-hydrogen) atoms. The van der Waals surface area contributed by atoms with Gasteiger partial charge in [-0.05, 0) is 32.3 Å². The summed E-state index contributed by atoms with van der Waals surface area (Å²) in [6.07, 6.45) is 0. The number of sulfonamides is 1. The number of likely N-dealkylation sites (N-methyl/N-ethyl adjacent to an activating group) is 1. The fourth-order valence-corrected chi connectivity index (χ4v) is 2.77. The van der Waals surface area contributed by atoms with Crippen LogP contribution in [0.1, 0.15) is 0 Å². The van der Waals surface area contributed by atoms with E-state index in [9.17, 15) is 12.8 Å². The number of hydrogen-bond acceptors (Lipinski definition) is 4. The first-order valence-electron chi connectivity index (χ1n) is 6.00. The largest absolute Gasteiger partial charge is 0.379 e. The van der Waals surface area contributed by atoms with Crippen molar-refractivity contribution in [3.05, 3.63) is 28.5 Å². The summed E-state index contributed by atoms with van der Waals surface area (Å²) in [6.45, 7) is 1.62. The van der Waals surface area contributed by atoms with Crippen LogP contribution >= 0.6 is 15.9 Å². The van der Waals surface area contributed by atoms with Crippen LogP contribution in [0.5, 0.6) is 0 Å². The van der Waals surface area contributed by atoms with E-state index in [0.29, 0.717) is 11.1 Å². The molecular weight excluding hydrogens is 351 g/mol. The van der Waals surface area contributed by atoms with Gasteiger partial charge >= 0.3 is 0 Å². The molecule has 0 saturated heterocycles. The van der Waals surface area contributed by atoms with Gasteiger partial charge in [0.05, 0.1) is 13.2 Å². The van der Waals surface area contributed by atoms with Gasteiger partial charge < -0.3 is 9.64 Å². The van der Waals surface area contributed by atoms with Gasteiger partial charge in [0.1, 0.15) is 10.7 Å². The molecule has 0 atom stereocenters. The Bertz CT molecular complexity index is 538. The third-order valence-corrected chi connectivity index (χ3v) is 4.39. The lowest BCUT2D eigenvalue weighted by Crippen LogP contribution is -2.29. The highest BCUT2D eigenvalue weighted by atomic mass is 79.9. The molecule has 0 unspecified atom stereocenters. The second-order valence-corrected chi connectivity index (χ2v) is 7.04. The molecule has 0 heterocycles. The summed E-state index contributed by atoms with van der Waals surface area (Å²) in [4.78, 5) is 1.59. The second-order valence-electron chi connectivity index (χ2n) is 4.39. The first kappa shape index (κ1) is 17.5. The third-order valence-electron chi connectivity index (χ3n) is 2.40. The summed E-state index contributed by atoms with van der Waals surface area (Å²) in [5, 5.41) is 0. The van der Waals surface area contributed by atoms with Crippen LogP contribution in [0.25, 0.3) is 0 Å². The van der Waals surface area contributed by atoms with Gasteiger partial charge in [0.15, 0.2) is 0 Å². The number of nitrogens with zero attached hydrogens (tertiary/aromatic N) is 1. The number of halogens is 2. The molecule has 1 aromatic rings. The average molecular weight is 369 g/mol. The molecule has 1 aromatic carbocycles. The third kappa shape index (κ3) is 5.84. The minimum absolute atomic E-state index is 0.102. The fourth-order valence-electron chi connectivity index (χ4n) is 1.37. The van der Waals surface area contributed by atoms with E-state index < -0.39 is 15.8 Å². The summed E-state index contributed by atoms with van der Waals surface area (Å²) in [5.74, 6) is -0.791. The van der Waals surface area contributed by atoms with Crippen LogP contribution in [-0.4, -0.2) is 53.7 Å². The highest BCUT2D eigenvalue weighted by molar-refractivity contribution is 9.10. The van der Waals surface area contributed by atoms with Gasteiger partial charge in [-0.1, -0.05) is 15.9 Å². The predicted molar refractivity (Wildman–Crippen MR) is 78.7 cm³/mol. The topological polar surface area (TPSA) is 58.6 Å². The van der Waals surface area contributed by atoms with Crippen LogP contribution in [0.15, 0.2) is 27.6 Å². The van der Waals surface area contributed by atoms with Gasteiger partial charge in [0.25, 0.3) is 0 Å². The van der Waals surface area contributed by atoms with Gasteiger partial charge in [-0.15, -0.1) is 0 Å². The molecule has 8 heteroatoms. The number of benzene rings is 1. The summed E-state index contributed by atoms with van der Waals surface area (Å²) >= 11 is 3.08. The molecule has 0 aliphatic rings. The van der Waals surface area contributed by atoms with Crippen molar-refractivity contribution in [3.63, 3.8) is 0 Å². The molecule has 0 amide bonds. The summed E-state index contributed by atoms with van der Waals surface area (Å²) in [5.41, 5.74) is 0. The molecule has 1 N–H and O–H groups in total. The number of nitrogens with one attached hydrogen (secondary N) is 1. The van der Waals surface area contributed by atoms with Crippen LogP contribution < -0.4 is 4.72 Å². The van der Waals surface area contributed by atoms with Crippen molar-refractivity contribution in [1.29, 1.82) is 0 Å². The van der Waals surface area contributed by atoms with Crippen LogP contribution in [0.2, 0.25) is 0 Å². The first-order chi connectivity index (χ1) is 9.33. The highest BCUT2D eigenvalue weighted by Gasteiger charge is 2.18. The molecule has 0 aliphatic heterocycles. The Balaban J connectivity index is 2.46. The Morgan fingerprint density at radius 2 is 2.05 bits per heavy atom. The maximum Gasteiger partial charge on any atom is 0.243 e. The van der Waals surface area contributed by atoms with Crippen molar-refractivity contribution in [2.75, 3.05) is 40.4 Å².